The van der Waals surface area contributed by atoms with Crippen molar-refractivity contribution in [3.63, 3.8) is 0 Å². The fourth-order valence-electron chi connectivity index (χ4n) is 1.37. The highest BCUT2D eigenvalue weighted by molar-refractivity contribution is 9.10. The highest BCUT2D eigenvalue weighted by atomic mass is 79.9. The number of halogens is 1. The van der Waals surface area contributed by atoms with E-state index in [-0.39, 0.29) is 11.9 Å². The lowest BCUT2D eigenvalue weighted by Crippen LogP contribution is -2.41. The van der Waals surface area contributed by atoms with Crippen LogP contribution in [-0.4, -0.2) is 11.9 Å². The summed E-state index contributed by atoms with van der Waals surface area (Å²) in [6.45, 7) is 3.84. The fourth-order valence-corrected chi connectivity index (χ4v) is 1.78. The van der Waals surface area contributed by atoms with Crippen LogP contribution in [0.15, 0.2) is 28.7 Å². The van der Waals surface area contributed by atoms with Crippen molar-refractivity contribution in [2.24, 2.45) is 5.73 Å². The summed E-state index contributed by atoms with van der Waals surface area (Å²) >= 11 is 3.40. The van der Waals surface area contributed by atoms with Crippen LogP contribution in [0, 0.1) is 0 Å². The lowest BCUT2D eigenvalue weighted by atomic mass is 10.1. The predicted octanol–water partition coefficient (Wildman–Crippen LogP) is 2.36. The summed E-state index contributed by atoms with van der Waals surface area (Å²) in [6.07, 6.45) is 0.650. The second-order valence-corrected chi connectivity index (χ2v) is 4.72. The third-order valence-corrected chi connectivity index (χ3v) is 2.98. The minimum absolute atomic E-state index is 0.0254. The molecule has 0 aliphatic rings. The molecule has 1 amide bonds. The number of rotatable bonds is 4. The average molecular weight is 285 g/mol. The predicted molar refractivity (Wildman–Crippen MR) is 69.0 cm³/mol. The Morgan fingerprint density at radius 1 is 1.56 bits per heavy atom. The zero-order valence-electron chi connectivity index (χ0n) is 9.53. The Balaban J connectivity index is 2.65. The van der Waals surface area contributed by atoms with Gasteiger partial charge in [0.2, 0.25) is 5.91 Å². The molecule has 0 radical (unpaired) electrons. The van der Waals surface area contributed by atoms with Crippen molar-refractivity contribution in [2.75, 3.05) is 0 Å². The van der Waals surface area contributed by atoms with E-state index < -0.39 is 6.04 Å². The van der Waals surface area contributed by atoms with Crippen LogP contribution in [0.4, 0.5) is 0 Å². The van der Waals surface area contributed by atoms with Crippen LogP contribution >= 0.6 is 15.9 Å². The van der Waals surface area contributed by atoms with Gasteiger partial charge in [0.15, 0.2) is 0 Å². The molecule has 0 spiro atoms. The van der Waals surface area contributed by atoms with Gasteiger partial charge in [-0.15, -0.1) is 0 Å². The number of amides is 1. The van der Waals surface area contributed by atoms with Crippen molar-refractivity contribution in [1.29, 1.82) is 0 Å². The molecule has 0 heterocycles. The van der Waals surface area contributed by atoms with E-state index in [9.17, 15) is 4.79 Å². The van der Waals surface area contributed by atoms with Gasteiger partial charge in [-0.2, -0.15) is 0 Å². The molecular formula is C12H17BrN2O. The maximum absolute atomic E-state index is 11.6. The smallest absolute Gasteiger partial charge is 0.237 e. The van der Waals surface area contributed by atoms with E-state index in [0.717, 1.165) is 10.0 Å². The monoisotopic (exact) mass is 284 g/mol. The molecule has 1 rings (SSSR count). The van der Waals surface area contributed by atoms with E-state index in [1.54, 1.807) is 0 Å². The topological polar surface area (TPSA) is 55.1 Å². The molecule has 4 heteroatoms. The van der Waals surface area contributed by atoms with E-state index in [1.165, 1.54) is 0 Å². The van der Waals surface area contributed by atoms with Gasteiger partial charge in [0.05, 0.1) is 12.1 Å². The van der Waals surface area contributed by atoms with Crippen molar-refractivity contribution in [3.8, 4) is 0 Å². The first-order chi connectivity index (χ1) is 7.54. The van der Waals surface area contributed by atoms with E-state index >= 15 is 0 Å². The van der Waals surface area contributed by atoms with Crippen LogP contribution in [0.2, 0.25) is 0 Å². The van der Waals surface area contributed by atoms with Crippen LogP contribution in [0.5, 0.6) is 0 Å². The summed E-state index contributed by atoms with van der Waals surface area (Å²) < 4.78 is 1.01. The minimum atomic E-state index is -0.422. The van der Waals surface area contributed by atoms with E-state index in [0.29, 0.717) is 6.42 Å². The Labute approximate surface area is 105 Å². The van der Waals surface area contributed by atoms with E-state index in [4.69, 9.17) is 5.73 Å². The van der Waals surface area contributed by atoms with Crippen LogP contribution in [0.3, 0.4) is 0 Å². The third-order valence-electron chi connectivity index (χ3n) is 2.48. The molecule has 0 aliphatic heterocycles. The maximum atomic E-state index is 11.6. The molecular weight excluding hydrogens is 268 g/mol. The number of carbonyl (C=O) groups is 1. The van der Waals surface area contributed by atoms with Crippen molar-refractivity contribution in [2.45, 2.75) is 32.4 Å². The lowest BCUT2D eigenvalue weighted by molar-refractivity contribution is -0.123. The van der Waals surface area contributed by atoms with Gasteiger partial charge < -0.3 is 11.1 Å². The summed E-state index contributed by atoms with van der Waals surface area (Å²) in [5.74, 6) is -0.102. The Bertz CT molecular complexity index is 368. The van der Waals surface area contributed by atoms with E-state index in [1.807, 2.05) is 38.1 Å². The first kappa shape index (κ1) is 13.2. The number of nitrogens with two attached hydrogens (primary N) is 1. The normalized spacial score (nSPS) is 14.2. The van der Waals surface area contributed by atoms with Gasteiger partial charge in [0.1, 0.15) is 0 Å². The molecule has 3 nitrogen and oxygen atoms in total. The summed E-state index contributed by atoms with van der Waals surface area (Å²) in [5, 5.41) is 2.89. The third kappa shape index (κ3) is 3.61. The molecule has 0 aliphatic carbocycles. The van der Waals surface area contributed by atoms with Crippen LogP contribution in [0.25, 0.3) is 0 Å². The second kappa shape index (κ2) is 6.01. The standard InChI is InChI=1S/C12H17BrN2O/c1-3-11(14)12(16)15-8(2)9-5-4-6-10(13)7-9/h4-8,11H,3,14H2,1-2H3,(H,15,16)/t8?,11-/m1/s1. The molecule has 3 N–H and O–H groups in total. The Kier molecular flexibility index (Phi) is 4.96. The Morgan fingerprint density at radius 3 is 2.81 bits per heavy atom. The molecule has 16 heavy (non-hydrogen) atoms. The maximum Gasteiger partial charge on any atom is 0.237 e. The molecule has 88 valence electrons. The SMILES string of the molecule is CC[C@@H](N)C(=O)NC(C)c1cccc(Br)c1. The minimum Gasteiger partial charge on any atom is -0.348 e. The zero-order chi connectivity index (χ0) is 12.1. The summed E-state index contributed by atoms with van der Waals surface area (Å²) in [4.78, 5) is 11.6. The molecule has 1 unspecified atom stereocenters. The van der Waals surface area contributed by atoms with E-state index in [2.05, 4.69) is 21.2 Å². The highest BCUT2D eigenvalue weighted by Gasteiger charge is 2.14. The molecule has 0 saturated carbocycles. The zero-order valence-corrected chi connectivity index (χ0v) is 11.1. The number of hydrogen-bond donors (Lipinski definition) is 2. The lowest BCUT2D eigenvalue weighted by Gasteiger charge is -2.17. The van der Waals surface area contributed by atoms with Gasteiger partial charge in [-0.1, -0.05) is 35.0 Å². The van der Waals surface area contributed by atoms with Gasteiger partial charge in [-0.25, -0.2) is 0 Å². The Morgan fingerprint density at radius 2 is 2.25 bits per heavy atom. The van der Waals surface area contributed by atoms with Gasteiger partial charge >= 0.3 is 0 Å². The quantitative estimate of drug-likeness (QED) is 0.892. The van der Waals surface area contributed by atoms with Crippen LogP contribution in [0.1, 0.15) is 31.9 Å². The summed E-state index contributed by atoms with van der Waals surface area (Å²) in [5.41, 5.74) is 6.71. The molecule has 2 atom stereocenters. The van der Waals surface area contributed by atoms with Gasteiger partial charge in [-0.3, -0.25) is 4.79 Å². The van der Waals surface area contributed by atoms with Crippen molar-refractivity contribution in [1.82, 2.24) is 5.32 Å². The van der Waals surface area contributed by atoms with Crippen LogP contribution in [-0.2, 0) is 4.79 Å². The highest BCUT2D eigenvalue weighted by Crippen LogP contribution is 2.17. The molecule has 0 aromatic heterocycles. The van der Waals surface area contributed by atoms with Crippen molar-refractivity contribution >= 4 is 21.8 Å². The molecule has 0 saturated heterocycles. The number of hydrogen-bond acceptors (Lipinski definition) is 2. The Hall–Kier alpha value is -0.870. The summed E-state index contributed by atoms with van der Waals surface area (Å²) in [7, 11) is 0. The molecule has 1 aromatic rings. The average Bonchev–Trinajstić information content (AvgIpc) is 2.27. The van der Waals surface area contributed by atoms with Gasteiger partial charge in [0, 0.05) is 4.47 Å². The fraction of sp³-hybridized carbons (Fsp3) is 0.417. The van der Waals surface area contributed by atoms with Crippen molar-refractivity contribution in [3.05, 3.63) is 34.3 Å². The van der Waals surface area contributed by atoms with Crippen LogP contribution < -0.4 is 11.1 Å². The molecule has 0 bridgehead atoms. The first-order valence-corrected chi connectivity index (χ1v) is 6.15. The second-order valence-electron chi connectivity index (χ2n) is 3.80. The van der Waals surface area contributed by atoms with Gasteiger partial charge in [0.25, 0.3) is 0 Å². The number of carbonyl (C=O) groups excluding carboxylic acids is 1. The van der Waals surface area contributed by atoms with Gasteiger partial charge in [-0.05, 0) is 31.0 Å². The number of nitrogens with one attached hydrogen (secondary N) is 1. The summed E-state index contributed by atoms with van der Waals surface area (Å²) in [6, 6.07) is 7.42. The van der Waals surface area contributed by atoms with Crippen molar-refractivity contribution < 1.29 is 4.79 Å². The number of benzene rings is 1. The first-order valence-electron chi connectivity index (χ1n) is 5.36. The largest absolute Gasteiger partial charge is 0.348 e. The molecule has 1 aromatic carbocycles. The molecule has 0 fully saturated rings.